The maximum atomic E-state index is 15.3. The van der Waals surface area contributed by atoms with Crippen molar-refractivity contribution in [3.8, 4) is 11.5 Å². The van der Waals surface area contributed by atoms with E-state index in [2.05, 4.69) is 97.0 Å². The number of cyclic esters (lactones) is 1. The summed E-state index contributed by atoms with van der Waals surface area (Å²) in [6.45, 7) is 17.6. The number of methoxy groups -OCH3 is 6. The van der Waals surface area contributed by atoms with E-state index in [1.165, 1.54) is 0 Å². The van der Waals surface area contributed by atoms with Gasteiger partial charge in [0, 0.05) is 78.1 Å². The number of carbonyl (C=O) groups is 2. The van der Waals surface area contributed by atoms with Gasteiger partial charge in [0.1, 0.15) is 19.0 Å². The van der Waals surface area contributed by atoms with E-state index in [1.54, 1.807) is 48.7 Å². The summed E-state index contributed by atoms with van der Waals surface area (Å²) in [6.07, 6.45) is 15.8. The summed E-state index contributed by atoms with van der Waals surface area (Å²) >= 11 is 0. The summed E-state index contributed by atoms with van der Waals surface area (Å²) in [5.41, 5.74) is 5.95. The molecule has 5 aliphatic heterocycles. The van der Waals surface area contributed by atoms with Gasteiger partial charge in [0.15, 0.2) is 23.6 Å². The first-order valence-electron chi connectivity index (χ1n) is 32.2. The highest BCUT2D eigenvalue weighted by Crippen LogP contribution is 2.40. The fourth-order valence-corrected chi connectivity index (χ4v) is 18.2. The number of carbonyl (C=O) groups excluding carboxylic acids is 2. The Balaban J connectivity index is 1.10. The van der Waals surface area contributed by atoms with Crippen molar-refractivity contribution in [2.75, 3.05) is 49.5 Å². The number of hydrogen-bond acceptors (Lipinski definition) is 16. The molecule has 0 spiro atoms. The number of fused-ring (bicyclic) bond motifs is 5. The van der Waals surface area contributed by atoms with Gasteiger partial charge in [-0.1, -0.05) is 153 Å². The van der Waals surface area contributed by atoms with Crippen LogP contribution in [0.5, 0.6) is 11.5 Å². The van der Waals surface area contributed by atoms with Gasteiger partial charge in [0.05, 0.1) is 92.2 Å². The minimum atomic E-state index is -3.26. The van der Waals surface area contributed by atoms with Crippen LogP contribution in [0.2, 0.25) is 5.04 Å². The van der Waals surface area contributed by atoms with Crippen molar-refractivity contribution in [1.29, 1.82) is 0 Å². The highest BCUT2D eigenvalue weighted by molar-refractivity contribution is 6.99. The van der Waals surface area contributed by atoms with Crippen LogP contribution in [0.4, 0.5) is 0 Å². The van der Waals surface area contributed by atoms with Gasteiger partial charge in [-0.3, -0.25) is 19.6 Å². The van der Waals surface area contributed by atoms with Crippen molar-refractivity contribution < 1.29 is 61.4 Å². The number of ketones is 1. The highest BCUT2D eigenvalue weighted by Gasteiger charge is 2.52. The standard InChI is InChI=1S/C73H99N3O13Si/c1-47(31-39-64(51(5)71-48(2)41-70(83-13)88-71)86-46-85-45-52-32-40-65(80-10)68(42-52)82-12)66(81-11)44-67-50(4)63(79-9)30-21-23-53-33-34-57(74-53)58-35-36-59(75-58)60-37-38-61(76-60)72(84-14)49(3)62(77)29-22-24-54(43-69(78)87-67)89-90(73(6,7)8,55-25-17-15-18-26-55)56-27-19-16-20-28-56/h15-23,25-29,32,34,36,38,40,42,47-51,54,63-64,66-67,70-72H,24,30-31,33,35,37,39,41,43-46H2,1-14H3/b23-21+,29-22+/t47-,48+,49-,50+,51-,54-,63-,64+,66-,67-,70?,71+,72?/m0/s1. The molecule has 0 N–H and O–H groups in total. The zero-order valence-electron chi connectivity index (χ0n) is 55.7. The molecule has 2 unspecified atom stereocenters. The van der Waals surface area contributed by atoms with Crippen LogP contribution in [-0.4, -0.2) is 136 Å². The summed E-state index contributed by atoms with van der Waals surface area (Å²) in [7, 11) is 6.72. The molecule has 0 amide bonds. The van der Waals surface area contributed by atoms with E-state index >= 15 is 4.79 Å². The largest absolute Gasteiger partial charge is 0.493 e. The van der Waals surface area contributed by atoms with Crippen molar-refractivity contribution in [3.05, 3.63) is 144 Å². The van der Waals surface area contributed by atoms with E-state index < -0.39 is 43.6 Å². The van der Waals surface area contributed by atoms with E-state index in [4.69, 9.17) is 66.8 Å². The van der Waals surface area contributed by atoms with Gasteiger partial charge in [-0.25, -0.2) is 4.99 Å². The fourth-order valence-electron chi connectivity index (χ4n) is 13.5. The molecule has 5 aliphatic rings. The number of allylic oxidation sites excluding steroid dienone is 7. The Bertz CT molecular complexity index is 3070. The number of nitrogens with zero attached hydrogens (tertiary/aromatic N) is 3. The van der Waals surface area contributed by atoms with E-state index in [1.807, 2.05) is 73.7 Å². The Morgan fingerprint density at radius 3 is 2.02 bits per heavy atom. The van der Waals surface area contributed by atoms with Gasteiger partial charge >= 0.3 is 5.97 Å². The Kier molecular flexibility index (Phi) is 25.6. The van der Waals surface area contributed by atoms with Crippen LogP contribution in [0.15, 0.2) is 153 Å². The molecule has 0 radical (unpaired) electrons. The van der Waals surface area contributed by atoms with Gasteiger partial charge < -0.3 is 51.8 Å². The van der Waals surface area contributed by atoms with Crippen LogP contribution in [0.3, 0.4) is 0 Å². The molecule has 0 aliphatic carbocycles. The number of aliphatic imine (C=N–C) groups is 3. The van der Waals surface area contributed by atoms with Crippen molar-refractivity contribution >= 4 is 47.6 Å². The quantitative estimate of drug-likeness (QED) is 0.0289. The van der Waals surface area contributed by atoms with E-state index in [9.17, 15) is 4.79 Å². The van der Waals surface area contributed by atoms with Crippen LogP contribution < -0.4 is 19.8 Å². The predicted octanol–water partition coefficient (Wildman–Crippen LogP) is 12.6. The molecule has 5 heterocycles. The first kappa shape index (κ1) is 69.9. The topological polar surface area (TPSA) is 173 Å². The van der Waals surface area contributed by atoms with Crippen LogP contribution in [0, 0.1) is 29.6 Å². The van der Waals surface area contributed by atoms with Crippen molar-refractivity contribution in [1.82, 2.24) is 0 Å². The number of esters is 1. The third kappa shape index (κ3) is 17.4. The molecule has 6 bridgehead atoms. The van der Waals surface area contributed by atoms with Gasteiger partial charge in [-0.2, -0.15) is 0 Å². The second-order valence-electron chi connectivity index (χ2n) is 25.8. The lowest BCUT2D eigenvalue weighted by Gasteiger charge is -2.45. The minimum absolute atomic E-state index is 0.00278. The van der Waals surface area contributed by atoms with Crippen LogP contribution in [-0.2, 0) is 58.5 Å². The van der Waals surface area contributed by atoms with Crippen LogP contribution >= 0.6 is 0 Å². The normalized spacial score (nSPS) is 26.7. The smallest absolute Gasteiger partial charge is 0.308 e. The lowest BCUT2D eigenvalue weighted by atomic mass is 9.84. The van der Waals surface area contributed by atoms with Crippen LogP contribution in [0.1, 0.15) is 125 Å². The summed E-state index contributed by atoms with van der Waals surface area (Å²) in [6, 6.07) is 26.5. The predicted molar refractivity (Wildman–Crippen MR) is 356 cm³/mol. The SMILES string of the molecule is COc1ccc(COCO[C@H](CC[C@H](C)[C@H](C[C@@H]2OC(=O)C[C@@H](O[Si](c3ccccc3)(c3ccccc3)C(C)(C)C)C/C=C/C(=O)[C@H](C)C(OC)C3=CCC(=N3)C3=CCC(=N3)C3=CCC(=N3)/C=C/C[C@H](OC)[C@H]2C)OC)[C@H](C)[C@@H]2OC(OC)C[C@H]2C)cc1OC. The van der Waals surface area contributed by atoms with Crippen molar-refractivity contribution in [2.45, 2.75) is 180 Å². The molecule has 0 saturated carbocycles. The molecule has 3 aromatic carbocycles. The lowest BCUT2D eigenvalue weighted by Crippen LogP contribution is -2.67. The van der Waals surface area contributed by atoms with Crippen LogP contribution in [0.25, 0.3) is 0 Å². The van der Waals surface area contributed by atoms with Gasteiger partial charge in [-0.15, -0.1) is 0 Å². The summed E-state index contributed by atoms with van der Waals surface area (Å²) in [4.78, 5) is 44.7. The number of rotatable bonds is 23. The molecule has 8 rings (SSSR count). The summed E-state index contributed by atoms with van der Waals surface area (Å²) in [5.74, 6) is 0.0707. The second-order valence-corrected chi connectivity index (χ2v) is 30.0. The maximum absolute atomic E-state index is 15.3. The van der Waals surface area contributed by atoms with Gasteiger partial charge in [0.25, 0.3) is 8.32 Å². The molecule has 3 aromatic rings. The molecule has 488 valence electrons. The molecule has 17 heteroatoms. The van der Waals surface area contributed by atoms with Gasteiger partial charge in [-0.05, 0) is 82.8 Å². The van der Waals surface area contributed by atoms with Gasteiger partial charge in [0.2, 0.25) is 0 Å². The summed E-state index contributed by atoms with van der Waals surface area (Å²) < 4.78 is 69.5. The maximum Gasteiger partial charge on any atom is 0.308 e. The third-order valence-electron chi connectivity index (χ3n) is 18.8. The average Bonchev–Trinajstić information content (AvgIpc) is 1.70. The number of ether oxygens (including phenoxy) is 10. The fraction of sp³-hybridized carbons (Fsp3) is 0.548. The molecule has 16 nitrogen and oxygen atoms in total. The first-order valence-corrected chi connectivity index (χ1v) is 34.1. The number of benzene rings is 3. The second kappa shape index (κ2) is 33.0. The monoisotopic (exact) mass is 1250 g/mol. The summed E-state index contributed by atoms with van der Waals surface area (Å²) in [5, 5.41) is 1.72. The van der Waals surface area contributed by atoms with Crippen molar-refractivity contribution in [3.63, 3.8) is 0 Å². The zero-order chi connectivity index (χ0) is 64.5. The molecular weight excluding hydrogens is 1150 g/mol. The van der Waals surface area contributed by atoms with E-state index in [0.29, 0.717) is 62.3 Å². The Morgan fingerprint density at radius 2 is 1.38 bits per heavy atom. The first-order chi connectivity index (χ1) is 43.3. The molecule has 0 aromatic heterocycles. The average molecular weight is 1250 g/mol. The number of hydrogen-bond donors (Lipinski definition) is 0. The highest BCUT2D eigenvalue weighted by atomic mass is 28.4. The third-order valence-corrected chi connectivity index (χ3v) is 23.9. The minimum Gasteiger partial charge on any atom is -0.493 e. The Hall–Kier alpha value is -5.99. The molecule has 13 atom stereocenters. The molecule has 1 saturated heterocycles. The van der Waals surface area contributed by atoms with E-state index in [0.717, 1.165) is 57.3 Å². The lowest BCUT2D eigenvalue weighted by molar-refractivity contribution is -0.163. The van der Waals surface area contributed by atoms with Crippen molar-refractivity contribution in [2.24, 2.45) is 44.6 Å². The molecule has 1 fully saturated rings. The zero-order valence-corrected chi connectivity index (χ0v) is 56.7. The van der Waals surface area contributed by atoms with E-state index in [-0.39, 0.29) is 79.8 Å². The molecular formula is C73H99N3O13Si. The molecule has 90 heavy (non-hydrogen) atoms. The Labute approximate surface area is 536 Å². The Morgan fingerprint density at radius 1 is 0.711 bits per heavy atom.